The molecule has 5 nitrogen and oxygen atoms in total. The van der Waals surface area contributed by atoms with Crippen LogP contribution < -0.4 is 16.4 Å². The van der Waals surface area contributed by atoms with Gasteiger partial charge in [0, 0.05) is 30.5 Å². The predicted molar refractivity (Wildman–Crippen MR) is 105 cm³/mol. The largest absolute Gasteiger partial charge is 0.399 e. The van der Waals surface area contributed by atoms with E-state index in [0.29, 0.717) is 17.8 Å². The fourth-order valence-electron chi connectivity index (χ4n) is 2.06. The third-order valence-corrected chi connectivity index (χ3v) is 3.36. The monoisotopic (exact) mass is 370 g/mol. The molecule has 1 aromatic heterocycles. The van der Waals surface area contributed by atoms with Gasteiger partial charge in [-0.3, -0.25) is 4.79 Å². The molecule has 2 aromatic rings. The molecule has 0 saturated carbocycles. The van der Waals surface area contributed by atoms with Crippen LogP contribution in [0.2, 0.25) is 0 Å². The molecule has 4 N–H and O–H groups in total. The summed E-state index contributed by atoms with van der Waals surface area (Å²) in [6.45, 7) is 5.27. The number of carbonyl (C=O) groups excluding carboxylic acids is 1. The van der Waals surface area contributed by atoms with Crippen LogP contribution in [-0.2, 0) is 0 Å². The molecule has 0 spiro atoms. The van der Waals surface area contributed by atoms with Gasteiger partial charge in [0.15, 0.2) is 0 Å². The number of nitrogens with one attached hydrogen (secondary N) is 2. The lowest BCUT2D eigenvalue weighted by molar-refractivity contribution is 0.0953. The minimum atomic E-state index is -0.0849. The van der Waals surface area contributed by atoms with Crippen LogP contribution in [0.4, 0.5) is 11.5 Å². The molecule has 7 heteroatoms. The number of hydrogen-bond acceptors (Lipinski definition) is 4. The SMILES string of the molecule is Cc1ccc(NCCCNC(=O)c2cc(N)ccc2C)nc1.Cl.Cl. The minimum absolute atomic E-state index is 0. The summed E-state index contributed by atoms with van der Waals surface area (Å²) in [5.74, 6) is 0.766. The summed E-state index contributed by atoms with van der Waals surface area (Å²) in [6.07, 6.45) is 2.65. The number of aromatic nitrogens is 1. The number of rotatable bonds is 6. The van der Waals surface area contributed by atoms with Gasteiger partial charge in [0.25, 0.3) is 5.91 Å². The van der Waals surface area contributed by atoms with E-state index in [1.807, 2.05) is 38.2 Å². The highest BCUT2D eigenvalue weighted by Crippen LogP contribution is 2.12. The summed E-state index contributed by atoms with van der Waals surface area (Å²) in [5.41, 5.74) is 9.01. The quantitative estimate of drug-likeness (QED) is 0.537. The number of aryl methyl sites for hydroxylation is 2. The molecule has 0 saturated heterocycles. The minimum Gasteiger partial charge on any atom is -0.399 e. The van der Waals surface area contributed by atoms with Crippen LogP contribution in [0.1, 0.15) is 27.9 Å². The van der Waals surface area contributed by atoms with Crippen LogP contribution in [0.3, 0.4) is 0 Å². The average Bonchev–Trinajstić information content (AvgIpc) is 2.51. The topological polar surface area (TPSA) is 80.0 Å². The summed E-state index contributed by atoms with van der Waals surface area (Å²) in [5, 5.41) is 6.13. The van der Waals surface area contributed by atoms with E-state index in [4.69, 9.17) is 5.73 Å². The van der Waals surface area contributed by atoms with Crippen LogP contribution in [0.25, 0.3) is 0 Å². The molecule has 0 bridgehead atoms. The first-order chi connectivity index (χ1) is 10.6. The van der Waals surface area contributed by atoms with Crippen molar-refractivity contribution in [3.05, 3.63) is 53.2 Å². The first-order valence-electron chi connectivity index (χ1n) is 7.37. The van der Waals surface area contributed by atoms with Crippen LogP contribution in [0.15, 0.2) is 36.5 Å². The number of halogens is 2. The van der Waals surface area contributed by atoms with Crippen LogP contribution in [0.5, 0.6) is 0 Å². The Morgan fingerprint density at radius 3 is 2.54 bits per heavy atom. The Morgan fingerprint density at radius 1 is 1.12 bits per heavy atom. The van der Waals surface area contributed by atoms with Crippen molar-refractivity contribution in [2.24, 2.45) is 0 Å². The van der Waals surface area contributed by atoms with Crippen LogP contribution in [-0.4, -0.2) is 24.0 Å². The summed E-state index contributed by atoms with van der Waals surface area (Å²) in [6, 6.07) is 9.32. The van der Waals surface area contributed by atoms with E-state index in [9.17, 15) is 4.79 Å². The molecule has 1 heterocycles. The number of hydrogen-bond donors (Lipinski definition) is 3. The molecule has 0 atom stereocenters. The molecule has 1 aromatic carbocycles. The number of carbonyl (C=O) groups is 1. The van der Waals surface area contributed by atoms with Crippen molar-refractivity contribution in [1.29, 1.82) is 0 Å². The zero-order valence-corrected chi connectivity index (χ0v) is 15.5. The summed E-state index contributed by atoms with van der Waals surface area (Å²) >= 11 is 0. The predicted octanol–water partition coefficient (Wildman–Crippen LogP) is 3.36. The van der Waals surface area contributed by atoms with Gasteiger partial charge in [0.05, 0.1) is 0 Å². The lowest BCUT2D eigenvalue weighted by atomic mass is 10.1. The van der Waals surface area contributed by atoms with Crippen molar-refractivity contribution in [3.8, 4) is 0 Å². The second-order valence-electron chi connectivity index (χ2n) is 5.33. The Morgan fingerprint density at radius 2 is 1.88 bits per heavy atom. The average molecular weight is 371 g/mol. The van der Waals surface area contributed by atoms with E-state index in [1.54, 1.807) is 12.1 Å². The van der Waals surface area contributed by atoms with Crippen molar-refractivity contribution in [2.45, 2.75) is 20.3 Å². The number of nitrogens with zero attached hydrogens (tertiary/aromatic N) is 1. The maximum atomic E-state index is 12.1. The van der Waals surface area contributed by atoms with Gasteiger partial charge in [-0.05, 0) is 49.6 Å². The normalized spacial score (nSPS) is 9.42. The van der Waals surface area contributed by atoms with Gasteiger partial charge in [0.1, 0.15) is 5.82 Å². The fourth-order valence-corrected chi connectivity index (χ4v) is 2.06. The number of anilines is 2. The molecule has 2 rings (SSSR count). The molecule has 132 valence electrons. The molecule has 0 aliphatic rings. The van der Waals surface area contributed by atoms with Crippen molar-refractivity contribution in [2.75, 3.05) is 24.1 Å². The maximum Gasteiger partial charge on any atom is 0.251 e. The highest BCUT2D eigenvalue weighted by molar-refractivity contribution is 5.96. The van der Waals surface area contributed by atoms with Crippen LogP contribution in [0, 0.1) is 13.8 Å². The van der Waals surface area contributed by atoms with Gasteiger partial charge in [-0.1, -0.05) is 12.1 Å². The molecular weight excluding hydrogens is 347 g/mol. The third kappa shape index (κ3) is 6.64. The summed E-state index contributed by atoms with van der Waals surface area (Å²) < 4.78 is 0. The lowest BCUT2D eigenvalue weighted by Gasteiger charge is -2.09. The van der Waals surface area contributed by atoms with Gasteiger partial charge in [0.2, 0.25) is 0 Å². The van der Waals surface area contributed by atoms with E-state index in [-0.39, 0.29) is 30.7 Å². The van der Waals surface area contributed by atoms with Crippen molar-refractivity contribution >= 4 is 42.2 Å². The maximum absolute atomic E-state index is 12.1. The molecule has 0 aliphatic carbocycles. The van der Waals surface area contributed by atoms with Gasteiger partial charge in [-0.15, -0.1) is 24.8 Å². The third-order valence-electron chi connectivity index (χ3n) is 3.36. The first kappa shape index (κ1) is 22.0. The Kier molecular flexibility index (Phi) is 9.85. The fraction of sp³-hybridized carbons (Fsp3) is 0.294. The zero-order valence-electron chi connectivity index (χ0n) is 13.8. The molecule has 24 heavy (non-hydrogen) atoms. The molecule has 0 unspecified atom stereocenters. The number of nitrogen functional groups attached to an aromatic ring is 1. The van der Waals surface area contributed by atoms with E-state index in [1.165, 1.54) is 0 Å². The van der Waals surface area contributed by atoms with Gasteiger partial charge in [-0.25, -0.2) is 4.98 Å². The summed E-state index contributed by atoms with van der Waals surface area (Å²) in [4.78, 5) is 16.4. The van der Waals surface area contributed by atoms with Crippen molar-refractivity contribution in [3.63, 3.8) is 0 Å². The van der Waals surface area contributed by atoms with E-state index in [0.717, 1.165) is 29.9 Å². The van der Waals surface area contributed by atoms with E-state index < -0.39 is 0 Å². The Bertz CT molecular complexity index is 648. The second-order valence-corrected chi connectivity index (χ2v) is 5.33. The standard InChI is InChI=1S/C17H22N4O.2ClH/c1-12-4-7-16(21-11-12)19-8-3-9-20-17(22)15-10-14(18)6-5-13(15)2;;/h4-7,10-11H,3,8-9,18H2,1-2H3,(H,19,21)(H,20,22);2*1H. The van der Waals surface area contributed by atoms with Gasteiger partial charge in [-0.2, -0.15) is 0 Å². The van der Waals surface area contributed by atoms with Gasteiger partial charge >= 0.3 is 0 Å². The number of nitrogens with two attached hydrogens (primary N) is 1. The number of amides is 1. The van der Waals surface area contributed by atoms with Gasteiger partial charge < -0.3 is 16.4 Å². The summed E-state index contributed by atoms with van der Waals surface area (Å²) in [7, 11) is 0. The number of benzene rings is 1. The lowest BCUT2D eigenvalue weighted by Crippen LogP contribution is -2.26. The Labute approximate surface area is 155 Å². The van der Waals surface area contributed by atoms with E-state index in [2.05, 4.69) is 15.6 Å². The zero-order chi connectivity index (χ0) is 15.9. The molecule has 1 amide bonds. The Hall–Kier alpha value is -1.98. The Balaban J connectivity index is 0.00000264. The molecule has 0 fully saturated rings. The smallest absolute Gasteiger partial charge is 0.251 e. The molecule has 0 radical (unpaired) electrons. The highest BCUT2D eigenvalue weighted by Gasteiger charge is 2.08. The van der Waals surface area contributed by atoms with Crippen molar-refractivity contribution < 1.29 is 4.79 Å². The number of pyridine rings is 1. The first-order valence-corrected chi connectivity index (χ1v) is 7.37. The molecule has 0 aliphatic heterocycles. The second kappa shape index (κ2) is 10.7. The van der Waals surface area contributed by atoms with E-state index >= 15 is 0 Å². The highest BCUT2D eigenvalue weighted by atomic mass is 35.5. The van der Waals surface area contributed by atoms with Crippen LogP contribution >= 0.6 is 24.8 Å². The van der Waals surface area contributed by atoms with Crippen molar-refractivity contribution in [1.82, 2.24) is 10.3 Å². The molecular formula is C17H24Cl2N4O.